The quantitative estimate of drug-likeness (QED) is 0.184. The Morgan fingerprint density at radius 2 is 1.38 bits per heavy atom. The van der Waals surface area contributed by atoms with Crippen LogP contribution in [0.4, 0.5) is 13.2 Å². The van der Waals surface area contributed by atoms with Gasteiger partial charge in [0, 0.05) is 10.9 Å². The topological polar surface area (TPSA) is 12.9 Å². The molecular weight excluding hydrogens is 491 g/mol. The van der Waals surface area contributed by atoms with Gasteiger partial charge in [0.2, 0.25) is 0 Å². The zero-order valence-corrected chi connectivity index (χ0v) is 22.4. The van der Waals surface area contributed by atoms with E-state index >= 15 is 0 Å². The second-order valence-corrected chi connectivity index (χ2v) is 10.2. The summed E-state index contributed by atoms with van der Waals surface area (Å²) in [6.45, 7) is 4.14. The first kappa shape index (κ1) is 26.7. The van der Waals surface area contributed by atoms with Crippen LogP contribution in [0.25, 0.3) is 44.4 Å². The number of fused-ring (bicyclic) bond motifs is 1. The van der Waals surface area contributed by atoms with E-state index in [0.717, 1.165) is 46.0 Å². The molecule has 5 rings (SSSR count). The highest BCUT2D eigenvalue weighted by molar-refractivity contribution is 5.88. The fourth-order valence-corrected chi connectivity index (χ4v) is 5.17. The molecule has 0 saturated carbocycles. The minimum absolute atomic E-state index is 0.179. The number of aromatic nitrogens is 1. The predicted molar refractivity (Wildman–Crippen MR) is 156 cm³/mol. The normalized spacial score (nSPS) is 11.7. The average Bonchev–Trinajstić information content (AvgIpc) is 2.95. The summed E-state index contributed by atoms with van der Waals surface area (Å²) >= 11 is 0. The van der Waals surface area contributed by atoms with Gasteiger partial charge in [0.1, 0.15) is 0 Å². The lowest BCUT2D eigenvalue weighted by molar-refractivity contribution is -0.137. The van der Waals surface area contributed by atoms with Crippen molar-refractivity contribution in [2.24, 2.45) is 0 Å². The van der Waals surface area contributed by atoms with Gasteiger partial charge in [-0.1, -0.05) is 92.9 Å². The van der Waals surface area contributed by atoms with Crippen LogP contribution in [0, 0.1) is 6.92 Å². The van der Waals surface area contributed by atoms with Crippen molar-refractivity contribution in [3.8, 4) is 33.5 Å². The number of halogens is 3. The van der Waals surface area contributed by atoms with Gasteiger partial charge in [-0.05, 0) is 83.5 Å². The highest BCUT2D eigenvalue weighted by Crippen LogP contribution is 2.40. The molecule has 39 heavy (non-hydrogen) atoms. The zero-order chi connectivity index (χ0) is 27.4. The first-order valence-electron chi connectivity index (χ1n) is 13.6. The SMILES string of the molecule is CCCCCCc1ccc(-c2cc(-c3nc4ccc(-c5ccccc5)cc4cc3C)ccc2C(F)(F)F)cc1. The number of rotatable bonds is 8. The summed E-state index contributed by atoms with van der Waals surface area (Å²) in [5.41, 5.74) is 6.58. The van der Waals surface area contributed by atoms with Gasteiger partial charge in [0.25, 0.3) is 0 Å². The second kappa shape index (κ2) is 11.4. The van der Waals surface area contributed by atoms with Crippen molar-refractivity contribution < 1.29 is 13.2 Å². The van der Waals surface area contributed by atoms with Gasteiger partial charge < -0.3 is 0 Å². The van der Waals surface area contributed by atoms with Crippen LogP contribution in [0.2, 0.25) is 0 Å². The molecule has 0 N–H and O–H groups in total. The number of nitrogens with zero attached hydrogens (tertiary/aromatic N) is 1. The van der Waals surface area contributed by atoms with E-state index in [-0.39, 0.29) is 5.56 Å². The molecule has 0 spiro atoms. The third-order valence-electron chi connectivity index (χ3n) is 7.29. The largest absolute Gasteiger partial charge is 0.417 e. The van der Waals surface area contributed by atoms with Crippen LogP contribution in [0.15, 0.2) is 97.1 Å². The highest BCUT2D eigenvalue weighted by Gasteiger charge is 2.34. The van der Waals surface area contributed by atoms with Crippen LogP contribution in [0.5, 0.6) is 0 Å². The number of alkyl halides is 3. The fraction of sp³-hybridized carbons (Fsp3) is 0.229. The Bertz CT molecular complexity index is 1570. The van der Waals surface area contributed by atoms with Crippen LogP contribution >= 0.6 is 0 Å². The standard InChI is InChI=1S/C35H32F3N/c1-3-4-5-7-10-25-13-15-27(16-14-25)31-23-29(17-19-32(31)35(36,37)38)34-24(2)21-30-22-28(18-20-33(30)39-34)26-11-8-6-9-12-26/h6,8-9,11-23H,3-5,7,10H2,1-2H3. The minimum atomic E-state index is -4.45. The maximum atomic E-state index is 14.0. The van der Waals surface area contributed by atoms with Gasteiger partial charge in [-0.2, -0.15) is 13.2 Å². The molecule has 1 nitrogen and oxygen atoms in total. The van der Waals surface area contributed by atoms with Crippen molar-refractivity contribution in [3.05, 3.63) is 114 Å². The number of hydrogen-bond acceptors (Lipinski definition) is 1. The summed E-state index contributed by atoms with van der Waals surface area (Å²) in [4.78, 5) is 4.89. The van der Waals surface area contributed by atoms with Crippen molar-refractivity contribution in [2.75, 3.05) is 0 Å². The number of aryl methyl sites for hydroxylation is 2. The molecule has 0 bridgehead atoms. The monoisotopic (exact) mass is 523 g/mol. The summed E-state index contributed by atoms with van der Waals surface area (Å²) in [7, 11) is 0. The summed E-state index contributed by atoms with van der Waals surface area (Å²) in [5, 5.41) is 0.999. The van der Waals surface area contributed by atoms with E-state index in [0.29, 0.717) is 16.8 Å². The van der Waals surface area contributed by atoms with E-state index in [1.807, 2.05) is 61.5 Å². The van der Waals surface area contributed by atoms with E-state index in [1.165, 1.54) is 31.4 Å². The molecule has 0 radical (unpaired) electrons. The van der Waals surface area contributed by atoms with Gasteiger partial charge in [-0.25, -0.2) is 4.98 Å². The van der Waals surface area contributed by atoms with E-state index in [2.05, 4.69) is 31.2 Å². The maximum absolute atomic E-state index is 14.0. The average molecular weight is 524 g/mol. The van der Waals surface area contributed by atoms with Gasteiger partial charge in [0.15, 0.2) is 0 Å². The molecule has 0 aliphatic carbocycles. The van der Waals surface area contributed by atoms with Gasteiger partial charge >= 0.3 is 6.18 Å². The number of pyridine rings is 1. The molecule has 0 atom stereocenters. The molecule has 1 aromatic heterocycles. The highest BCUT2D eigenvalue weighted by atomic mass is 19.4. The Balaban J connectivity index is 1.51. The van der Waals surface area contributed by atoms with Crippen molar-refractivity contribution in [1.82, 2.24) is 4.98 Å². The molecule has 0 unspecified atom stereocenters. The molecule has 4 aromatic carbocycles. The molecule has 198 valence electrons. The fourth-order valence-electron chi connectivity index (χ4n) is 5.17. The minimum Gasteiger partial charge on any atom is -0.248 e. The van der Waals surface area contributed by atoms with Crippen molar-refractivity contribution in [3.63, 3.8) is 0 Å². The lowest BCUT2D eigenvalue weighted by atomic mass is 9.93. The molecule has 0 saturated heterocycles. The van der Waals surface area contributed by atoms with E-state index < -0.39 is 11.7 Å². The predicted octanol–water partition coefficient (Wildman–Crippen LogP) is 10.7. The van der Waals surface area contributed by atoms with Crippen molar-refractivity contribution >= 4 is 10.9 Å². The van der Waals surface area contributed by atoms with Crippen molar-refractivity contribution in [2.45, 2.75) is 52.1 Å². The molecular formula is C35H32F3N. The van der Waals surface area contributed by atoms with E-state index in [1.54, 1.807) is 6.07 Å². The molecule has 0 amide bonds. The number of unbranched alkanes of at least 4 members (excludes halogenated alkanes) is 3. The Hall–Kier alpha value is -3.92. The third-order valence-corrected chi connectivity index (χ3v) is 7.29. The van der Waals surface area contributed by atoms with Crippen LogP contribution in [-0.4, -0.2) is 4.98 Å². The van der Waals surface area contributed by atoms with Gasteiger partial charge in [-0.3, -0.25) is 0 Å². The summed E-state index contributed by atoms with van der Waals surface area (Å²) in [5.74, 6) is 0. The lowest BCUT2D eigenvalue weighted by Crippen LogP contribution is -2.07. The number of hydrogen-bond donors (Lipinski definition) is 0. The summed E-state index contributed by atoms with van der Waals surface area (Å²) < 4.78 is 42.1. The van der Waals surface area contributed by atoms with Gasteiger partial charge in [0.05, 0.1) is 16.8 Å². The van der Waals surface area contributed by atoms with Gasteiger partial charge in [-0.15, -0.1) is 0 Å². The van der Waals surface area contributed by atoms with Crippen LogP contribution in [-0.2, 0) is 12.6 Å². The van der Waals surface area contributed by atoms with E-state index in [9.17, 15) is 13.2 Å². The molecule has 1 heterocycles. The molecule has 5 aromatic rings. The maximum Gasteiger partial charge on any atom is 0.417 e. The Labute approximate surface area is 228 Å². The first-order valence-corrected chi connectivity index (χ1v) is 13.6. The van der Waals surface area contributed by atoms with E-state index in [4.69, 9.17) is 4.98 Å². The van der Waals surface area contributed by atoms with Crippen molar-refractivity contribution in [1.29, 1.82) is 0 Å². The van der Waals surface area contributed by atoms with Crippen LogP contribution in [0.1, 0.15) is 49.3 Å². The number of benzene rings is 4. The molecule has 0 aliphatic heterocycles. The molecule has 0 aliphatic rings. The first-order chi connectivity index (χ1) is 18.8. The second-order valence-electron chi connectivity index (χ2n) is 10.2. The molecule has 0 fully saturated rings. The lowest BCUT2D eigenvalue weighted by Gasteiger charge is -2.16. The zero-order valence-electron chi connectivity index (χ0n) is 22.4. The Kier molecular flexibility index (Phi) is 7.83. The van der Waals surface area contributed by atoms with Crippen LogP contribution < -0.4 is 0 Å². The Morgan fingerprint density at radius 3 is 2.10 bits per heavy atom. The Morgan fingerprint density at radius 1 is 0.667 bits per heavy atom. The third kappa shape index (κ3) is 6.06. The summed E-state index contributed by atoms with van der Waals surface area (Å²) in [6.07, 6.45) is 1.14. The molecule has 4 heteroatoms. The smallest absolute Gasteiger partial charge is 0.248 e. The van der Waals surface area contributed by atoms with Crippen LogP contribution in [0.3, 0.4) is 0 Å². The summed E-state index contributed by atoms with van der Waals surface area (Å²) in [6, 6.07) is 30.2.